The lowest BCUT2D eigenvalue weighted by molar-refractivity contribution is -0.133. The summed E-state index contributed by atoms with van der Waals surface area (Å²) in [6, 6.07) is 12.8. The predicted octanol–water partition coefficient (Wildman–Crippen LogP) is 5.37. The fourth-order valence-corrected chi connectivity index (χ4v) is 5.46. The van der Waals surface area contributed by atoms with E-state index in [9.17, 15) is 4.79 Å². The van der Waals surface area contributed by atoms with Crippen LogP contribution in [0.2, 0.25) is 5.02 Å². The van der Waals surface area contributed by atoms with Gasteiger partial charge in [-0.3, -0.25) is 4.79 Å². The summed E-state index contributed by atoms with van der Waals surface area (Å²) in [7, 11) is 0. The van der Waals surface area contributed by atoms with Crippen LogP contribution in [0.3, 0.4) is 0 Å². The molecule has 1 aromatic heterocycles. The second kappa shape index (κ2) is 9.32. The van der Waals surface area contributed by atoms with Crippen LogP contribution >= 0.6 is 11.6 Å². The molecule has 5 rings (SSSR count). The number of nitrogens with one attached hydrogen (secondary N) is 1. The highest BCUT2D eigenvalue weighted by Crippen LogP contribution is 2.31. The van der Waals surface area contributed by atoms with Gasteiger partial charge in [-0.05, 0) is 80.1 Å². The number of rotatable bonds is 4. The van der Waals surface area contributed by atoms with E-state index >= 15 is 0 Å². The largest absolute Gasteiger partial charge is 0.337 e. The van der Waals surface area contributed by atoms with Gasteiger partial charge in [0.25, 0.3) is 0 Å². The second-order valence-corrected chi connectivity index (χ2v) is 9.73. The fraction of sp³-hybridized carbons (Fsp3) is 0.407. The molecule has 172 valence electrons. The van der Waals surface area contributed by atoms with Gasteiger partial charge in [0.15, 0.2) is 0 Å². The first-order valence-corrected chi connectivity index (χ1v) is 12.3. The quantitative estimate of drug-likeness (QED) is 0.567. The third kappa shape index (κ3) is 4.44. The van der Waals surface area contributed by atoms with Crippen LogP contribution in [0.25, 0.3) is 16.6 Å². The van der Waals surface area contributed by atoms with Crippen molar-refractivity contribution in [2.24, 2.45) is 0 Å². The van der Waals surface area contributed by atoms with Crippen molar-refractivity contribution in [3.8, 4) is 0 Å². The summed E-state index contributed by atoms with van der Waals surface area (Å²) in [4.78, 5) is 19.5. The van der Waals surface area contributed by atoms with Gasteiger partial charge in [0, 0.05) is 18.1 Å². The first-order valence-electron chi connectivity index (χ1n) is 12.0. The Bertz CT molecular complexity index is 1210. The molecule has 33 heavy (non-hydrogen) atoms. The van der Waals surface area contributed by atoms with Crippen LogP contribution in [0.4, 0.5) is 0 Å². The molecule has 0 bridgehead atoms. The van der Waals surface area contributed by atoms with E-state index in [0.29, 0.717) is 6.54 Å². The molecule has 3 aromatic rings. The summed E-state index contributed by atoms with van der Waals surface area (Å²) < 4.78 is 2.20. The Morgan fingerprint density at radius 3 is 2.82 bits per heavy atom. The monoisotopic (exact) mass is 462 g/mol. The van der Waals surface area contributed by atoms with Crippen LogP contribution in [0.15, 0.2) is 48.8 Å². The van der Waals surface area contributed by atoms with E-state index in [2.05, 4.69) is 65.1 Å². The van der Waals surface area contributed by atoms with Crippen LogP contribution in [0.5, 0.6) is 0 Å². The van der Waals surface area contributed by atoms with Crippen molar-refractivity contribution in [3.05, 3.63) is 70.5 Å². The topological polar surface area (TPSA) is 50.2 Å². The van der Waals surface area contributed by atoms with Crippen molar-refractivity contribution in [2.75, 3.05) is 19.6 Å². The number of carbonyl (C=O) groups is 1. The van der Waals surface area contributed by atoms with E-state index in [-0.39, 0.29) is 18.0 Å². The molecule has 0 spiro atoms. The molecule has 1 amide bonds. The highest BCUT2D eigenvalue weighted by atomic mass is 35.5. The molecule has 1 saturated heterocycles. The molecule has 2 aliphatic heterocycles. The predicted molar refractivity (Wildman–Crippen MR) is 135 cm³/mol. The number of hydrogen-bond acceptors (Lipinski definition) is 3. The maximum absolute atomic E-state index is 12.9. The van der Waals surface area contributed by atoms with Crippen molar-refractivity contribution in [3.63, 3.8) is 0 Å². The molecule has 3 heterocycles. The summed E-state index contributed by atoms with van der Waals surface area (Å²) in [6.45, 7) is 6.62. The third-order valence-electron chi connectivity index (χ3n) is 7.10. The zero-order chi connectivity index (χ0) is 22.9. The minimum atomic E-state index is -0.00510. The van der Waals surface area contributed by atoms with Gasteiger partial charge in [-0.15, -0.1) is 0 Å². The number of imidazole rings is 1. The van der Waals surface area contributed by atoms with Gasteiger partial charge in [0.05, 0.1) is 29.4 Å². The maximum Gasteiger partial charge on any atom is 0.239 e. The van der Waals surface area contributed by atoms with Gasteiger partial charge < -0.3 is 14.8 Å². The Hall–Kier alpha value is -2.63. The number of carbonyl (C=O) groups excluding carboxylic acids is 1. The summed E-state index contributed by atoms with van der Waals surface area (Å²) >= 11 is 6.56. The number of aromatic nitrogens is 2. The van der Waals surface area contributed by atoms with Gasteiger partial charge in [-0.2, -0.15) is 0 Å². The average molecular weight is 463 g/mol. The molecule has 0 saturated carbocycles. The lowest BCUT2D eigenvalue weighted by Gasteiger charge is -2.32. The molecule has 0 aliphatic carbocycles. The minimum absolute atomic E-state index is 0.00510. The summed E-state index contributed by atoms with van der Waals surface area (Å²) in [5.41, 5.74) is 6.83. The zero-order valence-corrected chi connectivity index (χ0v) is 20.1. The fourth-order valence-electron chi connectivity index (χ4n) is 5.07. The molecule has 2 atom stereocenters. The molecule has 0 radical (unpaired) electrons. The first-order chi connectivity index (χ1) is 16.0. The molecule has 1 fully saturated rings. The molecule has 1 N–H and O–H groups in total. The molecular formula is C27H31ClN4O. The van der Waals surface area contributed by atoms with Crippen LogP contribution in [0, 0.1) is 6.92 Å². The number of aryl methyl sites for hydroxylation is 1. The highest BCUT2D eigenvalue weighted by Gasteiger charge is 2.27. The number of halogens is 1. The molecule has 5 nitrogen and oxygen atoms in total. The molecule has 2 aromatic carbocycles. The highest BCUT2D eigenvalue weighted by molar-refractivity contribution is 6.31. The zero-order valence-electron chi connectivity index (χ0n) is 19.4. The van der Waals surface area contributed by atoms with Gasteiger partial charge in [0.2, 0.25) is 5.91 Å². The van der Waals surface area contributed by atoms with Crippen LogP contribution in [-0.4, -0.2) is 46.0 Å². The van der Waals surface area contributed by atoms with Crippen molar-refractivity contribution in [2.45, 2.75) is 51.6 Å². The van der Waals surface area contributed by atoms with Gasteiger partial charge >= 0.3 is 0 Å². The number of nitrogens with zero attached hydrogens (tertiary/aromatic N) is 3. The lowest BCUT2D eigenvalue weighted by Crippen LogP contribution is -2.49. The summed E-state index contributed by atoms with van der Waals surface area (Å²) in [5.74, 6) is 0.252. The van der Waals surface area contributed by atoms with E-state index in [0.717, 1.165) is 59.5 Å². The van der Waals surface area contributed by atoms with Crippen molar-refractivity contribution >= 4 is 34.1 Å². The lowest BCUT2D eigenvalue weighted by atomic mass is 9.97. The van der Waals surface area contributed by atoms with Gasteiger partial charge in [0.1, 0.15) is 0 Å². The molecular weight excluding hydrogens is 432 g/mol. The summed E-state index contributed by atoms with van der Waals surface area (Å²) in [5, 5.41) is 4.17. The van der Waals surface area contributed by atoms with E-state index < -0.39 is 0 Å². The first kappa shape index (κ1) is 22.2. The number of hydrogen-bond donors (Lipinski definition) is 1. The Labute approximate surface area is 200 Å². The Kier molecular flexibility index (Phi) is 6.26. The van der Waals surface area contributed by atoms with Gasteiger partial charge in [-0.1, -0.05) is 42.3 Å². The van der Waals surface area contributed by atoms with Crippen LogP contribution < -0.4 is 5.32 Å². The molecule has 2 unspecified atom stereocenters. The Balaban J connectivity index is 1.37. The van der Waals surface area contributed by atoms with Crippen LogP contribution in [-0.2, 0) is 4.79 Å². The number of benzene rings is 2. The van der Waals surface area contributed by atoms with Crippen LogP contribution in [0.1, 0.15) is 55.3 Å². The Morgan fingerprint density at radius 2 is 2.09 bits per heavy atom. The Morgan fingerprint density at radius 1 is 1.21 bits per heavy atom. The SMILES string of the molecule is Cc1ccc(C(C)n2cnc3ccc(C4=CCN(C(=O)C5CCCCN5)CC4)cc32)c(Cl)c1. The molecule has 2 aliphatic rings. The third-order valence-corrected chi connectivity index (χ3v) is 7.43. The molecule has 6 heteroatoms. The average Bonchev–Trinajstić information content (AvgIpc) is 3.27. The number of fused-ring (bicyclic) bond motifs is 1. The number of amides is 1. The van der Waals surface area contributed by atoms with E-state index in [4.69, 9.17) is 11.6 Å². The standard InChI is InChI=1S/C27H31ClN4O/c1-18-6-8-22(23(28)15-18)19(2)32-17-30-24-9-7-21(16-26(24)32)20-10-13-31(14-11-20)27(33)25-5-3-4-12-29-25/h6-10,15-17,19,25,29H,3-5,11-14H2,1-2H3. The van der Waals surface area contributed by atoms with E-state index in [1.54, 1.807) is 0 Å². The van der Waals surface area contributed by atoms with Crippen molar-refractivity contribution < 1.29 is 4.79 Å². The number of piperidine rings is 1. The van der Waals surface area contributed by atoms with E-state index in [1.165, 1.54) is 17.6 Å². The van der Waals surface area contributed by atoms with Crippen molar-refractivity contribution in [1.29, 1.82) is 0 Å². The normalized spacial score (nSPS) is 20.0. The van der Waals surface area contributed by atoms with Gasteiger partial charge in [-0.25, -0.2) is 4.98 Å². The second-order valence-electron chi connectivity index (χ2n) is 9.32. The van der Waals surface area contributed by atoms with E-state index in [1.807, 2.05) is 17.3 Å². The maximum atomic E-state index is 12.9. The summed E-state index contributed by atoms with van der Waals surface area (Å²) in [6.07, 6.45) is 8.25. The minimum Gasteiger partial charge on any atom is -0.337 e. The smallest absolute Gasteiger partial charge is 0.239 e. The van der Waals surface area contributed by atoms with Crippen molar-refractivity contribution in [1.82, 2.24) is 19.8 Å².